The van der Waals surface area contributed by atoms with Crippen LogP contribution in [0.5, 0.6) is 0 Å². The fraction of sp³-hybridized carbons (Fsp3) is 0.0909. The quantitative estimate of drug-likeness (QED) is 0.821. The van der Waals surface area contributed by atoms with Crippen molar-refractivity contribution >= 4 is 11.9 Å². The number of aryl methyl sites for hydroxylation is 1. The smallest absolute Gasteiger partial charge is 0.276 e. The van der Waals surface area contributed by atoms with Gasteiger partial charge in [-0.15, -0.1) is 0 Å². The van der Waals surface area contributed by atoms with Crippen molar-refractivity contribution in [3.63, 3.8) is 0 Å². The molecule has 2 heterocycles. The van der Waals surface area contributed by atoms with Crippen molar-refractivity contribution in [3.05, 3.63) is 48.0 Å². The highest BCUT2D eigenvalue weighted by molar-refractivity contribution is 6.01. The molecule has 1 N–H and O–H groups in total. The van der Waals surface area contributed by atoms with Gasteiger partial charge in [0, 0.05) is 18.1 Å². The van der Waals surface area contributed by atoms with Crippen LogP contribution in [0.3, 0.4) is 0 Å². The molecule has 5 nitrogen and oxygen atoms in total. The molecule has 1 amide bonds. The first kappa shape index (κ1) is 10.2. The van der Waals surface area contributed by atoms with Crippen molar-refractivity contribution in [2.75, 3.05) is 5.32 Å². The summed E-state index contributed by atoms with van der Waals surface area (Å²) in [6, 6.07) is 6.94. The molecule has 2 aromatic heterocycles. The van der Waals surface area contributed by atoms with E-state index in [4.69, 9.17) is 0 Å². The molecule has 0 bridgehead atoms. The van der Waals surface area contributed by atoms with E-state index >= 15 is 0 Å². The van der Waals surface area contributed by atoms with Crippen molar-refractivity contribution in [3.8, 4) is 0 Å². The van der Waals surface area contributed by atoms with Crippen LogP contribution in [0, 0.1) is 6.92 Å². The fourth-order valence-corrected chi connectivity index (χ4v) is 1.20. The molecule has 0 saturated carbocycles. The second-order valence-electron chi connectivity index (χ2n) is 3.19. The lowest BCUT2D eigenvalue weighted by atomic mass is 10.3. The SMILES string of the molecule is Cc1cccc(C(=O)Nc2ncccn2)n1. The van der Waals surface area contributed by atoms with Gasteiger partial charge in [0.1, 0.15) is 5.69 Å². The Morgan fingerprint density at radius 2 is 1.94 bits per heavy atom. The number of hydrogen-bond donors (Lipinski definition) is 1. The number of carbonyl (C=O) groups excluding carboxylic acids is 1. The van der Waals surface area contributed by atoms with Crippen LogP contribution in [-0.4, -0.2) is 20.9 Å². The average Bonchev–Trinajstić information content (AvgIpc) is 2.30. The summed E-state index contributed by atoms with van der Waals surface area (Å²) in [5.41, 5.74) is 1.15. The maximum absolute atomic E-state index is 11.7. The topological polar surface area (TPSA) is 67.8 Å². The van der Waals surface area contributed by atoms with E-state index < -0.39 is 0 Å². The van der Waals surface area contributed by atoms with Crippen molar-refractivity contribution in [1.82, 2.24) is 15.0 Å². The third-order valence-electron chi connectivity index (χ3n) is 1.91. The summed E-state index contributed by atoms with van der Waals surface area (Å²) in [6.45, 7) is 1.83. The number of rotatable bonds is 2. The molecule has 5 heteroatoms. The Morgan fingerprint density at radius 1 is 1.19 bits per heavy atom. The molecular weight excluding hydrogens is 204 g/mol. The second-order valence-corrected chi connectivity index (χ2v) is 3.19. The number of carbonyl (C=O) groups is 1. The highest BCUT2D eigenvalue weighted by Gasteiger charge is 2.08. The first-order valence-corrected chi connectivity index (χ1v) is 4.78. The van der Waals surface area contributed by atoms with Gasteiger partial charge in [0.05, 0.1) is 0 Å². The third-order valence-corrected chi connectivity index (χ3v) is 1.91. The lowest BCUT2D eigenvalue weighted by Gasteiger charge is -2.02. The van der Waals surface area contributed by atoms with Crippen LogP contribution in [-0.2, 0) is 0 Å². The summed E-state index contributed by atoms with van der Waals surface area (Å²) >= 11 is 0. The van der Waals surface area contributed by atoms with Gasteiger partial charge in [-0.05, 0) is 25.1 Å². The molecule has 2 aromatic rings. The zero-order valence-electron chi connectivity index (χ0n) is 8.71. The third kappa shape index (κ3) is 2.38. The lowest BCUT2D eigenvalue weighted by molar-refractivity contribution is 0.102. The number of nitrogens with one attached hydrogen (secondary N) is 1. The number of hydrogen-bond acceptors (Lipinski definition) is 4. The van der Waals surface area contributed by atoms with Gasteiger partial charge in [-0.25, -0.2) is 15.0 Å². The zero-order valence-corrected chi connectivity index (χ0v) is 8.71. The molecular formula is C11H10N4O. The van der Waals surface area contributed by atoms with Crippen molar-refractivity contribution < 1.29 is 4.79 Å². The van der Waals surface area contributed by atoms with E-state index in [0.717, 1.165) is 5.69 Å². The van der Waals surface area contributed by atoms with Crippen molar-refractivity contribution in [1.29, 1.82) is 0 Å². The van der Waals surface area contributed by atoms with E-state index in [-0.39, 0.29) is 11.9 Å². The molecule has 0 unspecified atom stereocenters. The molecule has 0 atom stereocenters. The van der Waals surface area contributed by atoms with E-state index in [1.54, 1.807) is 30.6 Å². The van der Waals surface area contributed by atoms with E-state index in [2.05, 4.69) is 20.3 Å². The number of anilines is 1. The van der Waals surface area contributed by atoms with Gasteiger partial charge < -0.3 is 0 Å². The van der Waals surface area contributed by atoms with Crippen LogP contribution in [0.2, 0.25) is 0 Å². The molecule has 0 spiro atoms. The van der Waals surface area contributed by atoms with Crippen LogP contribution >= 0.6 is 0 Å². The minimum absolute atomic E-state index is 0.274. The Morgan fingerprint density at radius 3 is 2.62 bits per heavy atom. The number of aromatic nitrogens is 3. The standard InChI is InChI=1S/C11H10N4O/c1-8-4-2-5-9(14-8)10(16)15-11-12-6-3-7-13-11/h2-7H,1H3,(H,12,13,15,16). The summed E-state index contributed by atoms with van der Waals surface area (Å²) in [5.74, 6) is -0.0364. The first-order chi connectivity index (χ1) is 7.75. The van der Waals surface area contributed by atoms with Crippen molar-refractivity contribution in [2.45, 2.75) is 6.92 Å². The molecule has 0 radical (unpaired) electrons. The van der Waals surface area contributed by atoms with Crippen LogP contribution in [0.15, 0.2) is 36.7 Å². The summed E-state index contributed by atoms with van der Waals surface area (Å²) < 4.78 is 0. The molecule has 0 aromatic carbocycles. The van der Waals surface area contributed by atoms with Crippen molar-refractivity contribution in [2.24, 2.45) is 0 Å². The average molecular weight is 214 g/mol. The lowest BCUT2D eigenvalue weighted by Crippen LogP contribution is -2.15. The monoisotopic (exact) mass is 214 g/mol. The van der Waals surface area contributed by atoms with Crippen LogP contribution in [0.1, 0.15) is 16.2 Å². The highest BCUT2D eigenvalue weighted by atomic mass is 16.2. The number of amides is 1. The minimum atomic E-state index is -0.310. The predicted octanol–water partition coefficient (Wildman–Crippen LogP) is 1.43. The van der Waals surface area contributed by atoms with Gasteiger partial charge in [0.25, 0.3) is 5.91 Å². The maximum Gasteiger partial charge on any atom is 0.276 e. The summed E-state index contributed by atoms with van der Waals surface area (Å²) in [6.07, 6.45) is 3.12. The van der Waals surface area contributed by atoms with Gasteiger partial charge in [0.15, 0.2) is 0 Å². The largest absolute Gasteiger partial charge is 0.289 e. The van der Waals surface area contributed by atoms with E-state index in [0.29, 0.717) is 5.69 Å². The van der Waals surface area contributed by atoms with Crippen LogP contribution < -0.4 is 5.32 Å². The van der Waals surface area contributed by atoms with Gasteiger partial charge >= 0.3 is 0 Å². The Kier molecular flexibility index (Phi) is 2.86. The molecule has 0 aliphatic carbocycles. The number of nitrogens with zero attached hydrogens (tertiary/aromatic N) is 3. The van der Waals surface area contributed by atoms with Gasteiger partial charge in [0.2, 0.25) is 5.95 Å². The van der Waals surface area contributed by atoms with Gasteiger partial charge in [-0.2, -0.15) is 0 Å². The molecule has 16 heavy (non-hydrogen) atoms. The summed E-state index contributed by atoms with van der Waals surface area (Å²) in [4.78, 5) is 23.6. The first-order valence-electron chi connectivity index (χ1n) is 4.78. The molecule has 0 fully saturated rings. The van der Waals surface area contributed by atoms with Crippen LogP contribution in [0.25, 0.3) is 0 Å². The Hall–Kier alpha value is -2.30. The summed E-state index contributed by atoms with van der Waals surface area (Å²) in [5, 5.41) is 2.56. The molecule has 80 valence electrons. The highest BCUT2D eigenvalue weighted by Crippen LogP contribution is 2.02. The van der Waals surface area contributed by atoms with Crippen LogP contribution in [0.4, 0.5) is 5.95 Å². The molecule has 2 rings (SSSR count). The normalized spacial score (nSPS) is 9.81. The fourth-order valence-electron chi connectivity index (χ4n) is 1.20. The second kappa shape index (κ2) is 4.48. The van der Waals surface area contributed by atoms with Gasteiger partial charge in [-0.1, -0.05) is 6.07 Å². The Balaban J connectivity index is 2.15. The molecule has 0 aliphatic rings. The Bertz CT molecular complexity index is 498. The Labute approximate surface area is 92.6 Å². The molecule has 0 aliphatic heterocycles. The molecule has 0 saturated heterocycles. The zero-order chi connectivity index (χ0) is 11.4. The van der Waals surface area contributed by atoms with Gasteiger partial charge in [-0.3, -0.25) is 10.1 Å². The van der Waals surface area contributed by atoms with E-state index in [1.165, 1.54) is 0 Å². The predicted molar refractivity (Wildman–Crippen MR) is 59.0 cm³/mol. The maximum atomic E-state index is 11.7. The number of pyridine rings is 1. The minimum Gasteiger partial charge on any atom is -0.289 e. The summed E-state index contributed by atoms with van der Waals surface area (Å²) in [7, 11) is 0. The van der Waals surface area contributed by atoms with E-state index in [9.17, 15) is 4.79 Å². The van der Waals surface area contributed by atoms with E-state index in [1.807, 2.05) is 13.0 Å².